The molecule has 2 atom stereocenters. The number of hydrogen-bond acceptors (Lipinski definition) is 6. The standard InChI is InChI=1S/C44H84O6/c1-7-40(6)32-26-20-12-10-8-9-11-13-21-27-33-42(45)48-36-41(50-44(47)35-29-23-17-15-19-25-31-39(4)5)37-49-43(46)34-28-22-16-14-18-24-30-38(2)3/h38-41H,7-37H2,1-6H3/t40?,41-/m1/s1. The van der Waals surface area contributed by atoms with Crippen LogP contribution in [0.3, 0.4) is 0 Å². The molecule has 6 heteroatoms. The summed E-state index contributed by atoms with van der Waals surface area (Å²) in [5.41, 5.74) is 0. The molecular weight excluding hydrogens is 624 g/mol. The molecule has 0 bridgehead atoms. The van der Waals surface area contributed by atoms with Gasteiger partial charge in [0.1, 0.15) is 13.2 Å². The second-order valence-electron chi connectivity index (χ2n) is 16.2. The van der Waals surface area contributed by atoms with E-state index in [9.17, 15) is 14.4 Å². The van der Waals surface area contributed by atoms with Crippen LogP contribution in [0.4, 0.5) is 0 Å². The smallest absolute Gasteiger partial charge is 0.306 e. The van der Waals surface area contributed by atoms with E-state index in [1.165, 1.54) is 109 Å². The lowest BCUT2D eigenvalue weighted by molar-refractivity contribution is -0.167. The Bertz CT molecular complexity index is 778. The van der Waals surface area contributed by atoms with Crippen LogP contribution in [0.2, 0.25) is 0 Å². The first-order valence-corrected chi connectivity index (χ1v) is 21.6. The first kappa shape index (κ1) is 48.4. The second kappa shape index (κ2) is 35.8. The summed E-state index contributed by atoms with van der Waals surface area (Å²) in [5, 5.41) is 0. The summed E-state index contributed by atoms with van der Waals surface area (Å²) in [7, 11) is 0. The Balaban J connectivity index is 4.32. The number of carbonyl (C=O) groups excluding carboxylic acids is 3. The summed E-state index contributed by atoms with van der Waals surface area (Å²) in [5.74, 6) is 1.52. The predicted octanol–water partition coefficient (Wildman–Crippen LogP) is 13.3. The van der Waals surface area contributed by atoms with E-state index in [0.29, 0.717) is 19.3 Å². The maximum Gasteiger partial charge on any atom is 0.306 e. The van der Waals surface area contributed by atoms with E-state index >= 15 is 0 Å². The molecule has 0 aliphatic rings. The van der Waals surface area contributed by atoms with Crippen LogP contribution in [0.15, 0.2) is 0 Å². The Labute approximate surface area is 310 Å². The Hall–Kier alpha value is -1.59. The summed E-state index contributed by atoms with van der Waals surface area (Å²) in [4.78, 5) is 37.5. The van der Waals surface area contributed by atoms with E-state index in [4.69, 9.17) is 14.2 Å². The van der Waals surface area contributed by atoms with Crippen molar-refractivity contribution in [2.24, 2.45) is 17.8 Å². The highest BCUT2D eigenvalue weighted by atomic mass is 16.6. The molecule has 0 fully saturated rings. The van der Waals surface area contributed by atoms with Gasteiger partial charge in [0.2, 0.25) is 0 Å². The zero-order valence-electron chi connectivity index (χ0n) is 34.2. The average molecular weight is 709 g/mol. The number of rotatable bonds is 37. The second-order valence-corrected chi connectivity index (χ2v) is 16.2. The van der Waals surface area contributed by atoms with Gasteiger partial charge in [-0.15, -0.1) is 0 Å². The normalized spacial score (nSPS) is 12.7. The Morgan fingerprint density at radius 3 is 1.04 bits per heavy atom. The maximum atomic E-state index is 12.6. The third-order valence-electron chi connectivity index (χ3n) is 10.0. The zero-order valence-corrected chi connectivity index (χ0v) is 34.2. The summed E-state index contributed by atoms with van der Waals surface area (Å²) in [6, 6.07) is 0. The maximum absolute atomic E-state index is 12.6. The van der Waals surface area contributed by atoms with Gasteiger partial charge >= 0.3 is 17.9 Å². The molecule has 0 aromatic rings. The van der Waals surface area contributed by atoms with Gasteiger partial charge in [-0.05, 0) is 37.0 Å². The fraction of sp³-hybridized carbons (Fsp3) is 0.932. The van der Waals surface area contributed by atoms with Crippen LogP contribution in [0, 0.1) is 17.8 Å². The summed E-state index contributed by atoms with van der Waals surface area (Å²) in [6.07, 6.45) is 31.1. The highest BCUT2D eigenvalue weighted by Gasteiger charge is 2.19. The third-order valence-corrected chi connectivity index (χ3v) is 10.0. The molecule has 1 unspecified atom stereocenters. The van der Waals surface area contributed by atoms with Crippen molar-refractivity contribution in [2.75, 3.05) is 13.2 Å². The van der Waals surface area contributed by atoms with E-state index in [1.54, 1.807) is 0 Å². The number of esters is 3. The molecule has 0 saturated heterocycles. The monoisotopic (exact) mass is 709 g/mol. The molecule has 0 heterocycles. The van der Waals surface area contributed by atoms with Crippen molar-refractivity contribution in [1.29, 1.82) is 0 Å². The summed E-state index contributed by atoms with van der Waals surface area (Å²) < 4.78 is 16.6. The fourth-order valence-corrected chi connectivity index (χ4v) is 6.32. The minimum atomic E-state index is -0.762. The first-order valence-electron chi connectivity index (χ1n) is 21.6. The lowest BCUT2D eigenvalue weighted by atomic mass is 9.99. The lowest BCUT2D eigenvalue weighted by Gasteiger charge is -2.18. The van der Waals surface area contributed by atoms with Crippen molar-refractivity contribution in [3.8, 4) is 0 Å². The van der Waals surface area contributed by atoms with Crippen molar-refractivity contribution in [1.82, 2.24) is 0 Å². The SMILES string of the molecule is CCC(C)CCCCCCCCCCCCC(=O)OC[C@H](COC(=O)CCCCCCCCC(C)C)OC(=O)CCCCCCCCC(C)C. The lowest BCUT2D eigenvalue weighted by Crippen LogP contribution is -2.30. The minimum Gasteiger partial charge on any atom is -0.462 e. The number of carbonyl (C=O) groups is 3. The quantitative estimate of drug-likeness (QED) is 0.0363. The number of hydrogen-bond donors (Lipinski definition) is 0. The van der Waals surface area contributed by atoms with Gasteiger partial charge in [0.25, 0.3) is 0 Å². The van der Waals surface area contributed by atoms with E-state index < -0.39 is 6.10 Å². The molecule has 0 aromatic heterocycles. The zero-order chi connectivity index (χ0) is 37.1. The fourth-order valence-electron chi connectivity index (χ4n) is 6.32. The molecule has 0 rings (SSSR count). The summed E-state index contributed by atoms with van der Waals surface area (Å²) >= 11 is 0. The molecule has 0 aliphatic carbocycles. The van der Waals surface area contributed by atoms with E-state index in [-0.39, 0.29) is 31.1 Å². The topological polar surface area (TPSA) is 78.9 Å². The molecule has 6 nitrogen and oxygen atoms in total. The average Bonchev–Trinajstić information content (AvgIpc) is 3.08. The number of ether oxygens (including phenoxy) is 3. The highest BCUT2D eigenvalue weighted by molar-refractivity contribution is 5.71. The molecule has 0 amide bonds. The molecule has 0 spiro atoms. The van der Waals surface area contributed by atoms with E-state index in [0.717, 1.165) is 75.5 Å². The van der Waals surface area contributed by atoms with Crippen molar-refractivity contribution in [3.63, 3.8) is 0 Å². The molecule has 0 aliphatic heterocycles. The van der Waals surface area contributed by atoms with Crippen molar-refractivity contribution in [2.45, 2.75) is 234 Å². The van der Waals surface area contributed by atoms with Crippen molar-refractivity contribution < 1.29 is 28.6 Å². The highest BCUT2D eigenvalue weighted by Crippen LogP contribution is 2.17. The van der Waals surface area contributed by atoms with Gasteiger partial charge in [-0.25, -0.2) is 0 Å². The van der Waals surface area contributed by atoms with E-state index in [1.807, 2.05) is 0 Å². The predicted molar refractivity (Wildman–Crippen MR) is 210 cm³/mol. The van der Waals surface area contributed by atoms with Crippen LogP contribution in [0.5, 0.6) is 0 Å². The first-order chi connectivity index (χ1) is 24.1. The molecular formula is C44H84O6. The van der Waals surface area contributed by atoms with Crippen LogP contribution >= 0.6 is 0 Å². The largest absolute Gasteiger partial charge is 0.462 e. The van der Waals surface area contributed by atoms with Crippen molar-refractivity contribution >= 4 is 17.9 Å². The summed E-state index contributed by atoms with van der Waals surface area (Å²) in [6.45, 7) is 13.6. The van der Waals surface area contributed by atoms with Gasteiger partial charge in [0.15, 0.2) is 6.10 Å². The molecule has 296 valence electrons. The van der Waals surface area contributed by atoms with Crippen LogP contribution in [-0.4, -0.2) is 37.2 Å². The van der Waals surface area contributed by atoms with Crippen molar-refractivity contribution in [3.05, 3.63) is 0 Å². The molecule has 0 aromatic carbocycles. The van der Waals surface area contributed by atoms with Gasteiger partial charge in [-0.1, -0.05) is 189 Å². The number of unbranched alkanes of at least 4 members (excludes halogenated alkanes) is 19. The third kappa shape index (κ3) is 36.2. The molecule has 0 radical (unpaired) electrons. The molecule has 50 heavy (non-hydrogen) atoms. The van der Waals surface area contributed by atoms with E-state index in [2.05, 4.69) is 41.5 Å². The Kier molecular flexibility index (Phi) is 34.7. The molecule has 0 saturated carbocycles. The Morgan fingerprint density at radius 2 is 0.700 bits per heavy atom. The van der Waals surface area contributed by atoms with Crippen LogP contribution in [0.25, 0.3) is 0 Å². The van der Waals surface area contributed by atoms with Gasteiger partial charge in [-0.2, -0.15) is 0 Å². The van der Waals surface area contributed by atoms with Gasteiger partial charge in [-0.3, -0.25) is 14.4 Å². The van der Waals surface area contributed by atoms with Crippen LogP contribution < -0.4 is 0 Å². The minimum absolute atomic E-state index is 0.0680. The van der Waals surface area contributed by atoms with Gasteiger partial charge < -0.3 is 14.2 Å². The van der Waals surface area contributed by atoms with Crippen LogP contribution in [-0.2, 0) is 28.6 Å². The van der Waals surface area contributed by atoms with Crippen LogP contribution in [0.1, 0.15) is 228 Å². The molecule has 0 N–H and O–H groups in total. The Morgan fingerprint density at radius 1 is 0.400 bits per heavy atom. The van der Waals surface area contributed by atoms with Gasteiger partial charge in [0.05, 0.1) is 0 Å². The van der Waals surface area contributed by atoms with Gasteiger partial charge in [0, 0.05) is 19.3 Å².